The third-order valence-corrected chi connectivity index (χ3v) is 3.26. The molecule has 0 amide bonds. The Bertz CT molecular complexity index is 590. The highest BCUT2D eigenvalue weighted by Crippen LogP contribution is 2.21. The van der Waals surface area contributed by atoms with Crippen LogP contribution in [0.2, 0.25) is 0 Å². The zero-order chi connectivity index (χ0) is 14.5. The topological polar surface area (TPSA) is 52.3 Å². The average molecular weight is 269 g/mol. The van der Waals surface area contributed by atoms with Crippen molar-refractivity contribution in [3.63, 3.8) is 0 Å². The quantitative estimate of drug-likeness (QED) is 0.868. The third kappa shape index (κ3) is 3.45. The molecule has 0 aromatic heterocycles. The maximum Gasteiger partial charge on any atom is 0.322 e. The molecule has 0 spiro atoms. The normalized spacial score (nSPS) is 11.9. The van der Waals surface area contributed by atoms with Gasteiger partial charge >= 0.3 is 5.97 Å². The number of hydrogen-bond acceptors (Lipinski definition) is 3. The Morgan fingerprint density at radius 2 is 1.85 bits per heavy atom. The lowest BCUT2D eigenvalue weighted by Gasteiger charge is -2.10. The van der Waals surface area contributed by atoms with Crippen LogP contribution in [0.1, 0.15) is 11.1 Å². The average Bonchev–Trinajstić information content (AvgIpc) is 2.47. The van der Waals surface area contributed by atoms with E-state index >= 15 is 0 Å². The zero-order valence-electron chi connectivity index (χ0n) is 11.8. The van der Waals surface area contributed by atoms with Gasteiger partial charge in [0, 0.05) is 0 Å². The lowest BCUT2D eigenvalue weighted by molar-refractivity contribution is -0.142. The first-order valence-electron chi connectivity index (χ1n) is 6.59. The smallest absolute Gasteiger partial charge is 0.322 e. The monoisotopic (exact) mass is 269 g/mol. The molecule has 0 fully saturated rings. The van der Waals surface area contributed by atoms with E-state index in [1.54, 1.807) is 0 Å². The van der Waals surface area contributed by atoms with Crippen molar-refractivity contribution in [2.45, 2.75) is 19.4 Å². The van der Waals surface area contributed by atoms with Crippen molar-refractivity contribution in [3.05, 3.63) is 59.7 Å². The Morgan fingerprint density at radius 3 is 2.45 bits per heavy atom. The molecule has 0 aliphatic rings. The van der Waals surface area contributed by atoms with Crippen LogP contribution in [0, 0.1) is 6.92 Å². The first kappa shape index (κ1) is 14.3. The number of carbonyl (C=O) groups excluding carboxylic acids is 1. The van der Waals surface area contributed by atoms with E-state index in [0.29, 0.717) is 6.42 Å². The van der Waals surface area contributed by atoms with Crippen molar-refractivity contribution in [3.8, 4) is 11.1 Å². The maximum absolute atomic E-state index is 11.3. The number of hydrogen-bond donors (Lipinski definition) is 1. The molecule has 3 nitrogen and oxygen atoms in total. The van der Waals surface area contributed by atoms with Gasteiger partial charge in [-0.15, -0.1) is 0 Å². The van der Waals surface area contributed by atoms with Gasteiger partial charge in [-0.3, -0.25) is 4.79 Å². The van der Waals surface area contributed by atoms with Crippen LogP contribution >= 0.6 is 0 Å². The summed E-state index contributed by atoms with van der Waals surface area (Å²) in [5.74, 6) is -0.382. The van der Waals surface area contributed by atoms with Crippen LogP contribution in [0.4, 0.5) is 0 Å². The van der Waals surface area contributed by atoms with E-state index in [4.69, 9.17) is 5.73 Å². The lowest BCUT2D eigenvalue weighted by atomic mass is 10.00. The SMILES string of the molecule is COC(=O)[C@@H](N)Cc1ccc(-c2cccc(C)c2)cc1. The molecule has 0 saturated carbocycles. The van der Waals surface area contributed by atoms with Gasteiger partial charge in [0.25, 0.3) is 0 Å². The first-order chi connectivity index (χ1) is 9.60. The van der Waals surface area contributed by atoms with Gasteiger partial charge in [-0.1, -0.05) is 54.1 Å². The number of ether oxygens (including phenoxy) is 1. The summed E-state index contributed by atoms with van der Waals surface area (Å²) in [4.78, 5) is 11.3. The molecule has 1 atom stereocenters. The van der Waals surface area contributed by atoms with Gasteiger partial charge in [-0.05, 0) is 30.0 Å². The summed E-state index contributed by atoms with van der Waals surface area (Å²) < 4.78 is 4.63. The van der Waals surface area contributed by atoms with Crippen LogP contribution in [0.3, 0.4) is 0 Å². The summed E-state index contributed by atoms with van der Waals surface area (Å²) in [6.07, 6.45) is 0.487. The summed E-state index contributed by atoms with van der Waals surface area (Å²) in [6, 6.07) is 15.9. The molecule has 2 aromatic carbocycles. The van der Waals surface area contributed by atoms with Crippen molar-refractivity contribution in [1.82, 2.24) is 0 Å². The highest BCUT2D eigenvalue weighted by atomic mass is 16.5. The summed E-state index contributed by atoms with van der Waals surface area (Å²) in [7, 11) is 1.35. The molecule has 2 aromatic rings. The fourth-order valence-corrected chi connectivity index (χ4v) is 2.15. The number of benzene rings is 2. The predicted octanol–water partition coefficient (Wildman–Crippen LogP) is 2.70. The summed E-state index contributed by atoms with van der Waals surface area (Å²) >= 11 is 0. The van der Waals surface area contributed by atoms with Crippen molar-refractivity contribution in [2.24, 2.45) is 5.73 Å². The van der Waals surface area contributed by atoms with E-state index in [0.717, 1.165) is 11.1 Å². The second-order valence-electron chi connectivity index (χ2n) is 4.90. The van der Waals surface area contributed by atoms with E-state index in [2.05, 4.69) is 29.9 Å². The number of esters is 1. The highest BCUT2D eigenvalue weighted by Gasteiger charge is 2.13. The van der Waals surface area contributed by atoms with Crippen LogP contribution in [-0.2, 0) is 16.0 Å². The molecule has 104 valence electrons. The number of rotatable bonds is 4. The summed E-state index contributed by atoms with van der Waals surface area (Å²) in [5.41, 5.74) is 10.4. The maximum atomic E-state index is 11.3. The molecule has 0 unspecified atom stereocenters. The lowest BCUT2D eigenvalue weighted by Crippen LogP contribution is -2.33. The summed E-state index contributed by atoms with van der Waals surface area (Å²) in [6.45, 7) is 2.08. The second-order valence-corrected chi connectivity index (χ2v) is 4.90. The predicted molar refractivity (Wildman–Crippen MR) is 80.3 cm³/mol. The van der Waals surface area contributed by atoms with Crippen molar-refractivity contribution in [2.75, 3.05) is 7.11 Å². The van der Waals surface area contributed by atoms with Crippen molar-refractivity contribution < 1.29 is 9.53 Å². The number of methoxy groups -OCH3 is 1. The number of aryl methyl sites for hydroxylation is 1. The van der Waals surface area contributed by atoms with Crippen LogP contribution in [-0.4, -0.2) is 19.1 Å². The number of nitrogens with two attached hydrogens (primary N) is 1. The first-order valence-corrected chi connectivity index (χ1v) is 6.59. The summed E-state index contributed by atoms with van der Waals surface area (Å²) in [5, 5.41) is 0. The van der Waals surface area contributed by atoms with Crippen molar-refractivity contribution in [1.29, 1.82) is 0 Å². The van der Waals surface area contributed by atoms with Gasteiger partial charge in [-0.25, -0.2) is 0 Å². The van der Waals surface area contributed by atoms with Gasteiger partial charge < -0.3 is 10.5 Å². The van der Waals surface area contributed by atoms with E-state index in [-0.39, 0.29) is 5.97 Å². The van der Waals surface area contributed by atoms with Crippen molar-refractivity contribution >= 4 is 5.97 Å². The van der Waals surface area contributed by atoms with E-state index in [1.165, 1.54) is 18.2 Å². The second kappa shape index (κ2) is 6.35. The van der Waals surface area contributed by atoms with Crippen LogP contribution in [0.25, 0.3) is 11.1 Å². The van der Waals surface area contributed by atoms with E-state index in [1.807, 2.05) is 30.3 Å². The Labute approximate surface area is 119 Å². The Kier molecular flexibility index (Phi) is 4.53. The highest BCUT2D eigenvalue weighted by molar-refractivity contribution is 5.75. The van der Waals surface area contributed by atoms with E-state index < -0.39 is 6.04 Å². The molecule has 0 bridgehead atoms. The molecular weight excluding hydrogens is 250 g/mol. The van der Waals surface area contributed by atoms with Gasteiger partial charge in [0.05, 0.1) is 7.11 Å². The largest absolute Gasteiger partial charge is 0.468 e. The van der Waals surface area contributed by atoms with E-state index in [9.17, 15) is 4.79 Å². The number of carbonyl (C=O) groups is 1. The Morgan fingerprint density at radius 1 is 1.15 bits per heavy atom. The zero-order valence-corrected chi connectivity index (χ0v) is 11.8. The minimum atomic E-state index is -0.607. The molecule has 0 aliphatic carbocycles. The van der Waals surface area contributed by atoms with Crippen LogP contribution < -0.4 is 5.73 Å². The molecule has 0 saturated heterocycles. The fraction of sp³-hybridized carbons (Fsp3) is 0.235. The molecular formula is C17H19NO2. The molecule has 2 rings (SSSR count). The molecule has 2 N–H and O–H groups in total. The molecule has 0 aliphatic heterocycles. The van der Waals surface area contributed by atoms with Crippen LogP contribution in [0.5, 0.6) is 0 Å². The Balaban J connectivity index is 2.12. The van der Waals surface area contributed by atoms with Gasteiger partial charge in [0.2, 0.25) is 0 Å². The molecule has 20 heavy (non-hydrogen) atoms. The third-order valence-electron chi connectivity index (χ3n) is 3.26. The Hall–Kier alpha value is -2.13. The molecule has 0 radical (unpaired) electrons. The minimum Gasteiger partial charge on any atom is -0.468 e. The fourth-order valence-electron chi connectivity index (χ4n) is 2.15. The minimum absolute atomic E-state index is 0.382. The molecule has 3 heteroatoms. The van der Waals surface area contributed by atoms with Gasteiger partial charge in [0.1, 0.15) is 6.04 Å². The van der Waals surface area contributed by atoms with Gasteiger partial charge in [-0.2, -0.15) is 0 Å². The molecule has 0 heterocycles. The van der Waals surface area contributed by atoms with Gasteiger partial charge in [0.15, 0.2) is 0 Å². The van der Waals surface area contributed by atoms with Crippen LogP contribution in [0.15, 0.2) is 48.5 Å². The standard InChI is InChI=1S/C17H19NO2/c1-12-4-3-5-15(10-12)14-8-6-13(7-9-14)11-16(18)17(19)20-2/h3-10,16H,11,18H2,1-2H3/t16-/m0/s1.